The number of nitrogens with one attached hydrogen (secondary N) is 2. The van der Waals surface area contributed by atoms with Gasteiger partial charge in [0, 0.05) is 40.8 Å². The predicted octanol–water partition coefficient (Wildman–Crippen LogP) is 5.78. The number of amides is 1. The number of nitrogens with zero attached hydrogens (tertiary/aromatic N) is 2. The van der Waals surface area contributed by atoms with Crippen molar-refractivity contribution in [1.82, 2.24) is 15.3 Å². The number of hydrogen-bond acceptors (Lipinski definition) is 4. The highest BCUT2D eigenvalue weighted by molar-refractivity contribution is 6.31. The molecular formula is C25H21ClN4O. The van der Waals surface area contributed by atoms with Crippen LogP contribution < -0.4 is 10.6 Å². The van der Waals surface area contributed by atoms with Gasteiger partial charge in [0.25, 0.3) is 5.91 Å². The van der Waals surface area contributed by atoms with Gasteiger partial charge < -0.3 is 10.6 Å². The molecule has 0 radical (unpaired) electrons. The number of aromatic nitrogens is 2. The fourth-order valence-electron chi connectivity index (χ4n) is 3.15. The van der Waals surface area contributed by atoms with Crippen molar-refractivity contribution >= 4 is 29.1 Å². The molecule has 0 aliphatic carbocycles. The van der Waals surface area contributed by atoms with Crippen molar-refractivity contribution < 1.29 is 4.79 Å². The summed E-state index contributed by atoms with van der Waals surface area (Å²) in [5, 5.41) is 6.67. The largest absolute Gasteiger partial charge is 0.348 e. The first-order valence-electron chi connectivity index (χ1n) is 9.86. The van der Waals surface area contributed by atoms with Crippen LogP contribution in [0, 0.1) is 6.92 Å². The maximum Gasteiger partial charge on any atom is 0.251 e. The molecule has 31 heavy (non-hydrogen) atoms. The number of benzene rings is 3. The molecule has 3 aromatic carbocycles. The Balaban J connectivity index is 1.42. The summed E-state index contributed by atoms with van der Waals surface area (Å²) in [6.45, 7) is 2.41. The number of hydrogen-bond donors (Lipinski definition) is 2. The standard InChI is InChI=1S/C25H21ClN4O/c1-17-6-4-8-18(12-17)21-15-28-25(29-16-21)30-22-10-5-9-19(13-22)24(31)27-14-20-7-2-3-11-23(20)26/h2-13,15-16H,14H2,1H3,(H,27,31)(H,28,29,30). The fraction of sp³-hybridized carbons (Fsp3) is 0.0800. The highest BCUT2D eigenvalue weighted by Gasteiger charge is 2.08. The molecule has 0 saturated heterocycles. The van der Waals surface area contributed by atoms with E-state index in [-0.39, 0.29) is 5.91 Å². The maximum absolute atomic E-state index is 12.5. The molecule has 0 unspecified atom stereocenters. The Morgan fingerprint density at radius 3 is 2.45 bits per heavy atom. The second-order valence-corrected chi connectivity index (χ2v) is 7.55. The van der Waals surface area contributed by atoms with Crippen LogP contribution >= 0.6 is 11.6 Å². The fourth-order valence-corrected chi connectivity index (χ4v) is 3.36. The van der Waals surface area contributed by atoms with Gasteiger partial charge in [-0.05, 0) is 42.3 Å². The van der Waals surface area contributed by atoms with Crippen molar-refractivity contribution in [1.29, 1.82) is 0 Å². The van der Waals surface area contributed by atoms with Crippen LogP contribution in [0.5, 0.6) is 0 Å². The molecule has 154 valence electrons. The van der Waals surface area contributed by atoms with Crippen LogP contribution in [0.3, 0.4) is 0 Å². The Morgan fingerprint density at radius 2 is 1.68 bits per heavy atom. The summed E-state index contributed by atoms with van der Waals surface area (Å²) in [6, 6.07) is 22.8. The zero-order valence-electron chi connectivity index (χ0n) is 17.0. The molecule has 4 aromatic rings. The third-order valence-electron chi connectivity index (χ3n) is 4.78. The van der Waals surface area contributed by atoms with Gasteiger partial charge in [-0.2, -0.15) is 0 Å². The van der Waals surface area contributed by atoms with Crippen molar-refractivity contribution in [2.45, 2.75) is 13.5 Å². The minimum absolute atomic E-state index is 0.181. The van der Waals surface area contributed by atoms with Crippen molar-refractivity contribution in [3.05, 3.63) is 107 Å². The van der Waals surface area contributed by atoms with E-state index in [1.54, 1.807) is 30.6 Å². The molecule has 0 saturated carbocycles. The molecule has 1 aromatic heterocycles. The van der Waals surface area contributed by atoms with Gasteiger partial charge in [-0.15, -0.1) is 0 Å². The average Bonchev–Trinajstić information content (AvgIpc) is 2.79. The number of carbonyl (C=O) groups is 1. The quantitative estimate of drug-likeness (QED) is 0.408. The van der Waals surface area contributed by atoms with E-state index in [1.165, 1.54) is 5.56 Å². The smallest absolute Gasteiger partial charge is 0.251 e. The van der Waals surface area contributed by atoms with Gasteiger partial charge in [-0.1, -0.05) is 65.7 Å². The average molecular weight is 429 g/mol. The van der Waals surface area contributed by atoms with Crippen LogP contribution in [0.2, 0.25) is 5.02 Å². The first kappa shape index (κ1) is 20.6. The van der Waals surface area contributed by atoms with E-state index < -0.39 is 0 Å². The lowest BCUT2D eigenvalue weighted by Gasteiger charge is -2.09. The SMILES string of the molecule is Cc1cccc(-c2cnc(Nc3cccc(C(=O)NCc4ccccc4Cl)c3)nc2)c1. The molecule has 0 aliphatic rings. The second-order valence-electron chi connectivity index (χ2n) is 7.14. The molecule has 1 heterocycles. The molecule has 0 aliphatic heterocycles. The van der Waals surface area contributed by atoms with Gasteiger partial charge in [0.1, 0.15) is 0 Å². The predicted molar refractivity (Wildman–Crippen MR) is 125 cm³/mol. The molecule has 0 atom stereocenters. The van der Waals surface area contributed by atoms with Crippen LogP contribution in [0.4, 0.5) is 11.6 Å². The Labute approximate surface area is 186 Å². The third kappa shape index (κ3) is 5.27. The lowest BCUT2D eigenvalue weighted by Crippen LogP contribution is -2.23. The number of carbonyl (C=O) groups excluding carboxylic acids is 1. The van der Waals surface area contributed by atoms with Crippen molar-refractivity contribution in [2.24, 2.45) is 0 Å². The monoisotopic (exact) mass is 428 g/mol. The summed E-state index contributed by atoms with van der Waals surface area (Å²) in [5.41, 5.74) is 5.34. The summed E-state index contributed by atoms with van der Waals surface area (Å²) in [6.07, 6.45) is 3.56. The summed E-state index contributed by atoms with van der Waals surface area (Å²) in [5.74, 6) is 0.282. The number of rotatable bonds is 6. The van der Waals surface area contributed by atoms with Gasteiger partial charge in [0.15, 0.2) is 0 Å². The van der Waals surface area contributed by atoms with E-state index in [1.807, 2.05) is 42.5 Å². The zero-order chi connectivity index (χ0) is 21.6. The van der Waals surface area contributed by atoms with Crippen molar-refractivity contribution in [2.75, 3.05) is 5.32 Å². The van der Waals surface area contributed by atoms with E-state index in [0.29, 0.717) is 23.1 Å². The van der Waals surface area contributed by atoms with E-state index >= 15 is 0 Å². The number of anilines is 2. The molecule has 2 N–H and O–H groups in total. The first-order valence-corrected chi connectivity index (χ1v) is 10.2. The van der Waals surface area contributed by atoms with E-state index in [0.717, 1.165) is 22.4 Å². The Bertz CT molecular complexity index is 1210. The lowest BCUT2D eigenvalue weighted by molar-refractivity contribution is 0.0951. The van der Waals surface area contributed by atoms with Crippen molar-refractivity contribution in [3.63, 3.8) is 0 Å². The zero-order valence-corrected chi connectivity index (χ0v) is 17.7. The van der Waals surface area contributed by atoms with Gasteiger partial charge in [-0.3, -0.25) is 4.79 Å². The van der Waals surface area contributed by atoms with Crippen LogP contribution in [0.1, 0.15) is 21.5 Å². The van der Waals surface area contributed by atoms with E-state index in [2.05, 4.69) is 39.7 Å². The van der Waals surface area contributed by atoms with Crippen LogP contribution in [-0.2, 0) is 6.54 Å². The molecule has 6 heteroatoms. The van der Waals surface area contributed by atoms with Crippen LogP contribution in [0.15, 0.2) is 85.2 Å². The maximum atomic E-state index is 12.5. The normalized spacial score (nSPS) is 10.5. The first-order chi connectivity index (χ1) is 15.1. The topological polar surface area (TPSA) is 66.9 Å². The summed E-state index contributed by atoms with van der Waals surface area (Å²) >= 11 is 6.15. The lowest BCUT2D eigenvalue weighted by atomic mass is 10.1. The van der Waals surface area contributed by atoms with Crippen LogP contribution in [-0.4, -0.2) is 15.9 Å². The Morgan fingerprint density at radius 1 is 0.903 bits per heavy atom. The molecule has 0 fully saturated rings. The van der Waals surface area contributed by atoms with Gasteiger partial charge in [-0.25, -0.2) is 9.97 Å². The molecule has 4 rings (SSSR count). The van der Waals surface area contributed by atoms with Gasteiger partial charge >= 0.3 is 0 Å². The van der Waals surface area contributed by atoms with E-state index in [9.17, 15) is 4.79 Å². The van der Waals surface area contributed by atoms with E-state index in [4.69, 9.17) is 11.6 Å². The molecule has 5 nitrogen and oxygen atoms in total. The number of halogens is 1. The Hall–Kier alpha value is -3.70. The minimum atomic E-state index is -0.181. The Kier molecular flexibility index (Phi) is 6.24. The summed E-state index contributed by atoms with van der Waals surface area (Å²) < 4.78 is 0. The second kappa shape index (κ2) is 9.41. The highest BCUT2D eigenvalue weighted by atomic mass is 35.5. The van der Waals surface area contributed by atoms with Gasteiger partial charge in [0.05, 0.1) is 0 Å². The minimum Gasteiger partial charge on any atom is -0.348 e. The summed E-state index contributed by atoms with van der Waals surface area (Å²) in [4.78, 5) is 21.4. The van der Waals surface area contributed by atoms with Crippen molar-refractivity contribution in [3.8, 4) is 11.1 Å². The molecule has 0 bridgehead atoms. The number of aryl methyl sites for hydroxylation is 1. The highest BCUT2D eigenvalue weighted by Crippen LogP contribution is 2.21. The summed E-state index contributed by atoms with van der Waals surface area (Å²) in [7, 11) is 0. The van der Waals surface area contributed by atoms with Crippen LogP contribution in [0.25, 0.3) is 11.1 Å². The third-order valence-corrected chi connectivity index (χ3v) is 5.15. The molecular weight excluding hydrogens is 408 g/mol. The molecule has 1 amide bonds. The molecule has 0 spiro atoms. The van der Waals surface area contributed by atoms with Gasteiger partial charge in [0.2, 0.25) is 5.95 Å².